The maximum atomic E-state index is 13.8. The SMILES string of the molecule is C[C@H](C(=O)Nc1ccc(C#N)cc1)[C@]1(C)CC[C@H](c2ccnc3ccc(F)cc32)CC1. The Morgan fingerprint density at radius 1 is 1.19 bits per heavy atom. The molecule has 1 N–H and O–H groups in total. The zero-order valence-electron chi connectivity index (χ0n) is 17.9. The first-order valence-corrected chi connectivity index (χ1v) is 10.7. The van der Waals surface area contributed by atoms with Crippen molar-refractivity contribution >= 4 is 22.5 Å². The fourth-order valence-electron chi connectivity index (χ4n) is 4.71. The molecule has 0 radical (unpaired) electrons. The van der Waals surface area contributed by atoms with Gasteiger partial charge in [-0.1, -0.05) is 13.8 Å². The van der Waals surface area contributed by atoms with Gasteiger partial charge < -0.3 is 5.32 Å². The average molecular weight is 416 g/mol. The highest BCUT2D eigenvalue weighted by atomic mass is 19.1. The summed E-state index contributed by atoms with van der Waals surface area (Å²) in [4.78, 5) is 17.3. The van der Waals surface area contributed by atoms with Crippen LogP contribution in [0.1, 0.15) is 56.6 Å². The topological polar surface area (TPSA) is 65.8 Å². The number of anilines is 1. The number of hydrogen-bond donors (Lipinski definition) is 1. The molecule has 3 aromatic rings. The minimum absolute atomic E-state index is 0.00193. The van der Waals surface area contributed by atoms with Crippen molar-refractivity contribution in [2.75, 3.05) is 5.32 Å². The third-order valence-electron chi connectivity index (χ3n) is 7.03. The molecule has 0 saturated heterocycles. The van der Waals surface area contributed by atoms with Crippen LogP contribution in [-0.2, 0) is 4.79 Å². The maximum absolute atomic E-state index is 13.8. The lowest BCUT2D eigenvalue weighted by Gasteiger charge is -2.41. The Hall–Kier alpha value is -3.26. The standard InChI is InChI=1S/C26H26FN3O/c1-17(25(31)30-21-6-3-18(16-28)4-7-21)26(2)12-9-19(10-13-26)22-11-14-29-24-8-5-20(27)15-23(22)24/h3-8,11,14-15,17,19H,9-10,12-13H2,1-2H3,(H,30,31)/t17-,19-,26+/m1/s1. The molecule has 4 nitrogen and oxygen atoms in total. The van der Waals surface area contributed by atoms with Gasteiger partial charge in [-0.15, -0.1) is 0 Å². The second-order valence-corrected chi connectivity index (χ2v) is 8.89. The van der Waals surface area contributed by atoms with Gasteiger partial charge in [0.15, 0.2) is 0 Å². The fourth-order valence-corrected chi connectivity index (χ4v) is 4.71. The molecule has 1 aromatic heterocycles. The molecule has 2 aromatic carbocycles. The number of nitrogens with one attached hydrogen (secondary N) is 1. The molecule has 0 unspecified atom stereocenters. The Bertz CT molecular complexity index is 1140. The van der Waals surface area contributed by atoms with E-state index >= 15 is 0 Å². The number of fused-ring (bicyclic) bond motifs is 1. The number of hydrogen-bond acceptors (Lipinski definition) is 3. The lowest BCUT2D eigenvalue weighted by molar-refractivity contribution is -0.123. The first-order valence-electron chi connectivity index (χ1n) is 10.7. The molecule has 1 heterocycles. The van der Waals surface area contributed by atoms with Gasteiger partial charge in [0, 0.05) is 23.2 Å². The van der Waals surface area contributed by atoms with Crippen LogP contribution in [0.4, 0.5) is 10.1 Å². The highest BCUT2D eigenvalue weighted by Crippen LogP contribution is 2.48. The van der Waals surface area contributed by atoms with E-state index in [1.807, 2.05) is 13.0 Å². The highest BCUT2D eigenvalue weighted by Gasteiger charge is 2.39. The third-order valence-corrected chi connectivity index (χ3v) is 7.03. The predicted octanol–water partition coefficient (Wildman–Crippen LogP) is 6.18. The summed E-state index contributed by atoms with van der Waals surface area (Å²) in [7, 11) is 0. The van der Waals surface area contributed by atoms with Gasteiger partial charge in [-0.3, -0.25) is 9.78 Å². The lowest BCUT2D eigenvalue weighted by atomic mass is 9.64. The van der Waals surface area contributed by atoms with Crippen LogP contribution in [0, 0.1) is 28.5 Å². The van der Waals surface area contributed by atoms with E-state index in [9.17, 15) is 9.18 Å². The van der Waals surface area contributed by atoms with Gasteiger partial charge >= 0.3 is 0 Å². The molecule has 4 rings (SSSR count). The Morgan fingerprint density at radius 3 is 2.58 bits per heavy atom. The van der Waals surface area contributed by atoms with Gasteiger partial charge in [0.2, 0.25) is 5.91 Å². The van der Waals surface area contributed by atoms with Crippen LogP contribution in [0.25, 0.3) is 10.9 Å². The molecule has 0 bridgehead atoms. The van der Waals surface area contributed by atoms with Crippen LogP contribution in [0.15, 0.2) is 54.7 Å². The molecule has 158 valence electrons. The summed E-state index contributed by atoms with van der Waals surface area (Å²) in [6.45, 7) is 4.19. The van der Waals surface area contributed by atoms with Crippen LogP contribution < -0.4 is 5.32 Å². The van der Waals surface area contributed by atoms with Crippen molar-refractivity contribution in [3.8, 4) is 6.07 Å². The molecule has 0 spiro atoms. The fraction of sp³-hybridized carbons (Fsp3) is 0.346. The second-order valence-electron chi connectivity index (χ2n) is 8.89. The smallest absolute Gasteiger partial charge is 0.227 e. The minimum atomic E-state index is -0.240. The van der Waals surface area contributed by atoms with E-state index in [0.29, 0.717) is 17.2 Å². The molecule has 1 atom stereocenters. The van der Waals surface area contributed by atoms with Crippen molar-refractivity contribution in [1.29, 1.82) is 5.26 Å². The van der Waals surface area contributed by atoms with Gasteiger partial charge in [-0.05, 0) is 91.1 Å². The monoisotopic (exact) mass is 415 g/mol. The van der Waals surface area contributed by atoms with E-state index in [2.05, 4.69) is 23.3 Å². The van der Waals surface area contributed by atoms with Crippen LogP contribution in [0.2, 0.25) is 0 Å². The summed E-state index contributed by atoms with van der Waals surface area (Å²) in [5.41, 5.74) is 3.16. The normalized spacial score (nSPS) is 21.9. The van der Waals surface area contributed by atoms with Crippen molar-refractivity contribution in [3.05, 3.63) is 71.7 Å². The predicted molar refractivity (Wildman–Crippen MR) is 120 cm³/mol. The van der Waals surface area contributed by atoms with E-state index in [4.69, 9.17) is 5.26 Å². The number of nitrogens with zero attached hydrogens (tertiary/aromatic N) is 2. The number of benzene rings is 2. The van der Waals surface area contributed by atoms with Crippen LogP contribution in [-0.4, -0.2) is 10.9 Å². The van der Waals surface area contributed by atoms with Gasteiger partial charge in [-0.2, -0.15) is 5.26 Å². The quantitative estimate of drug-likeness (QED) is 0.553. The van der Waals surface area contributed by atoms with E-state index in [1.165, 1.54) is 6.07 Å². The molecule has 31 heavy (non-hydrogen) atoms. The van der Waals surface area contributed by atoms with E-state index < -0.39 is 0 Å². The Kier molecular flexibility index (Phi) is 5.73. The zero-order valence-corrected chi connectivity index (χ0v) is 17.9. The summed E-state index contributed by atoms with van der Waals surface area (Å²) < 4.78 is 13.8. The third kappa shape index (κ3) is 4.29. The molecule has 0 aliphatic heterocycles. The highest BCUT2D eigenvalue weighted by molar-refractivity contribution is 5.92. The first kappa shape index (κ1) is 21.0. The Morgan fingerprint density at radius 2 is 1.90 bits per heavy atom. The number of halogens is 1. The van der Waals surface area contributed by atoms with E-state index in [0.717, 1.165) is 42.1 Å². The second kappa shape index (κ2) is 8.47. The van der Waals surface area contributed by atoms with Crippen molar-refractivity contribution in [2.45, 2.75) is 45.4 Å². The lowest BCUT2D eigenvalue weighted by Crippen LogP contribution is -2.37. The number of pyridine rings is 1. The maximum Gasteiger partial charge on any atom is 0.227 e. The molecule has 5 heteroatoms. The van der Waals surface area contributed by atoms with Crippen molar-refractivity contribution in [1.82, 2.24) is 4.98 Å². The average Bonchev–Trinajstić information content (AvgIpc) is 2.79. The van der Waals surface area contributed by atoms with Crippen molar-refractivity contribution in [3.63, 3.8) is 0 Å². The minimum Gasteiger partial charge on any atom is -0.326 e. The summed E-state index contributed by atoms with van der Waals surface area (Å²) >= 11 is 0. The van der Waals surface area contributed by atoms with Gasteiger partial charge in [-0.25, -0.2) is 4.39 Å². The van der Waals surface area contributed by atoms with Crippen molar-refractivity contribution in [2.24, 2.45) is 11.3 Å². The number of amides is 1. The van der Waals surface area contributed by atoms with Crippen LogP contribution in [0.5, 0.6) is 0 Å². The summed E-state index contributed by atoms with van der Waals surface area (Å²) in [5, 5.41) is 12.8. The largest absolute Gasteiger partial charge is 0.326 e. The zero-order chi connectivity index (χ0) is 22.0. The first-order chi connectivity index (χ1) is 14.9. The molecule has 1 fully saturated rings. The summed E-state index contributed by atoms with van der Waals surface area (Å²) in [6, 6.07) is 15.8. The molecular weight excluding hydrogens is 389 g/mol. The Balaban J connectivity index is 1.45. The Labute approximate surface area is 182 Å². The van der Waals surface area contributed by atoms with Crippen molar-refractivity contribution < 1.29 is 9.18 Å². The molecule has 1 saturated carbocycles. The molecule has 1 aliphatic carbocycles. The van der Waals surface area contributed by atoms with Gasteiger partial charge in [0.1, 0.15) is 5.82 Å². The molecular formula is C26H26FN3O. The van der Waals surface area contributed by atoms with Crippen LogP contribution in [0.3, 0.4) is 0 Å². The summed E-state index contributed by atoms with van der Waals surface area (Å²) in [6.07, 6.45) is 5.58. The summed E-state index contributed by atoms with van der Waals surface area (Å²) in [5.74, 6) is -0.0394. The number of rotatable bonds is 4. The van der Waals surface area contributed by atoms with Gasteiger partial charge in [0.05, 0.1) is 17.1 Å². The molecule has 1 aliphatic rings. The van der Waals surface area contributed by atoms with E-state index in [1.54, 1.807) is 42.6 Å². The molecule has 1 amide bonds. The van der Waals surface area contributed by atoms with Gasteiger partial charge in [0.25, 0.3) is 0 Å². The van der Waals surface area contributed by atoms with E-state index in [-0.39, 0.29) is 23.1 Å². The number of carbonyl (C=O) groups is 1. The van der Waals surface area contributed by atoms with Crippen LogP contribution >= 0.6 is 0 Å². The number of carbonyl (C=O) groups excluding carboxylic acids is 1. The number of aromatic nitrogens is 1. The number of nitriles is 1.